The largest absolute Gasteiger partial charge is 0.489 e. The quantitative estimate of drug-likeness (QED) is 0.793. The van der Waals surface area contributed by atoms with Gasteiger partial charge in [-0.05, 0) is 57.7 Å². The molecule has 0 aromatic heterocycles. The number of halogens is 2. The molecule has 0 heterocycles. The van der Waals surface area contributed by atoms with E-state index in [-0.39, 0.29) is 5.82 Å². The van der Waals surface area contributed by atoms with E-state index in [0.29, 0.717) is 11.1 Å². The van der Waals surface area contributed by atoms with Crippen LogP contribution in [0.25, 0.3) is 0 Å². The molecule has 2 rings (SSSR count). The highest BCUT2D eigenvalue weighted by Gasteiger charge is 2.02. The van der Waals surface area contributed by atoms with Crippen molar-refractivity contribution in [3.63, 3.8) is 0 Å². The maximum Gasteiger partial charge on any atom is 0.137 e. The van der Waals surface area contributed by atoms with E-state index in [9.17, 15) is 4.39 Å². The smallest absolute Gasteiger partial charge is 0.137 e. The van der Waals surface area contributed by atoms with Crippen LogP contribution in [-0.4, -0.2) is 0 Å². The molecular formula is C15H14BrFO. The van der Waals surface area contributed by atoms with Crippen molar-refractivity contribution >= 4 is 15.9 Å². The van der Waals surface area contributed by atoms with Gasteiger partial charge in [0.1, 0.15) is 18.2 Å². The second-order valence-corrected chi connectivity index (χ2v) is 4.89. The van der Waals surface area contributed by atoms with Gasteiger partial charge in [0.05, 0.1) is 4.47 Å². The number of ether oxygens (including phenoxy) is 1. The third kappa shape index (κ3) is 3.33. The van der Waals surface area contributed by atoms with Gasteiger partial charge in [0, 0.05) is 0 Å². The summed E-state index contributed by atoms with van der Waals surface area (Å²) in [5.74, 6) is 0.585. The zero-order chi connectivity index (χ0) is 13.0. The number of hydrogen-bond acceptors (Lipinski definition) is 1. The summed E-state index contributed by atoms with van der Waals surface area (Å²) in [7, 11) is 0. The number of benzene rings is 2. The van der Waals surface area contributed by atoms with Gasteiger partial charge in [0.2, 0.25) is 0 Å². The Morgan fingerprint density at radius 1 is 1.11 bits per heavy atom. The molecule has 0 atom stereocenters. The second-order valence-electron chi connectivity index (χ2n) is 4.04. The molecule has 0 saturated heterocycles. The molecule has 3 heteroatoms. The Morgan fingerprint density at radius 2 is 1.94 bits per heavy atom. The Kier molecular flexibility index (Phi) is 4.37. The highest BCUT2D eigenvalue weighted by atomic mass is 79.9. The van der Waals surface area contributed by atoms with Gasteiger partial charge in [0.25, 0.3) is 0 Å². The molecule has 0 aliphatic rings. The average Bonchev–Trinajstić information content (AvgIpc) is 2.40. The topological polar surface area (TPSA) is 9.23 Å². The predicted octanol–water partition coefficient (Wildman–Crippen LogP) is 4.73. The van der Waals surface area contributed by atoms with Gasteiger partial charge in [0.15, 0.2) is 0 Å². The van der Waals surface area contributed by atoms with Gasteiger partial charge >= 0.3 is 0 Å². The number of aryl methyl sites for hydroxylation is 1. The summed E-state index contributed by atoms with van der Waals surface area (Å²) in [4.78, 5) is 0. The molecule has 0 N–H and O–H groups in total. The SMILES string of the molecule is CCc1cccc(OCc2ccc(F)c(Br)c2)c1. The molecule has 0 bridgehead atoms. The summed E-state index contributed by atoms with van der Waals surface area (Å²) in [6.45, 7) is 2.54. The maximum absolute atomic E-state index is 13.1. The predicted molar refractivity (Wildman–Crippen MR) is 74.3 cm³/mol. The lowest BCUT2D eigenvalue weighted by Gasteiger charge is -2.08. The van der Waals surface area contributed by atoms with E-state index in [1.54, 1.807) is 12.1 Å². The molecule has 0 radical (unpaired) electrons. The molecule has 0 unspecified atom stereocenters. The molecular weight excluding hydrogens is 295 g/mol. The third-order valence-corrected chi connectivity index (χ3v) is 3.30. The Bertz CT molecular complexity index is 540. The minimum Gasteiger partial charge on any atom is -0.489 e. The highest BCUT2D eigenvalue weighted by molar-refractivity contribution is 9.10. The lowest BCUT2D eigenvalue weighted by molar-refractivity contribution is 0.305. The molecule has 0 amide bonds. The summed E-state index contributed by atoms with van der Waals surface area (Å²) < 4.78 is 19.2. The third-order valence-electron chi connectivity index (χ3n) is 2.70. The van der Waals surface area contributed by atoms with Gasteiger partial charge in [-0.1, -0.05) is 25.1 Å². The van der Waals surface area contributed by atoms with Crippen LogP contribution in [0.3, 0.4) is 0 Å². The van der Waals surface area contributed by atoms with Crippen molar-refractivity contribution in [2.24, 2.45) is 0 Å². The fraction of sp³-hybridized carbons (Fsp3) is 0.200. The molecule has 0 aliphatic carbocycles. The van der Waals surface area contributed by atoms with Crippen LogP contribution in [0.4, 0.5) is 4.39 Å². The zero-order valence-corrected chi connectivity index (χ0v) is 11.7. The van der Waals surface area contributed by atoms with Crippen molar-refractivity contribution in [2.45, 2.75) is 20.0 Å². The first-order valence-electron chi connectivity index (χ1n) is 5.84. The van der Waals surface area contributed by atoms with E-state index in [4.69, 9.17) is 4.74 Å². The van der Waals surface area contributed by atoms with E-state index in [1.165, 1.54) is 11.6 Å². The molecule has 2 aromatic rings. The van der Waals surface area contributed by atoms with Gasteiger partial charge in [-0.25, -0.2) is 4.39 Å². The van der Waals surface area contributed by atoms with Crippen molar-refractivity contribution < 1.29 is 9.13 Å². The Balaban J connectivity index is 2.04. The van der Waals surface area contributed by atoms with Crippen molar-refractivity contribution in [3.8, 4) is 5.75 Å². The van der Waals surface area contributed by atoms with Gasteiger partial charge in [-0.15, -0.1) is 0 Å². The highest BCUT2D eigenvalue weighted by Crippen LogP contribution is 2.19. The van der Waals surface area contributed by atoms with E-state index >= 15 is 0 Å². The van der Waals surface area contributed by atoms with Gasteiger partial charge in [-0.3, -0.25) is 0 Å². The van der Waals surface area contributed by atoms with Crippen LogP contribution in [-0.2, 0) is 13.0 Å². The van der Waals surface area contributed by atoms with Crippen LogP contribution >= 0.6 is 15.9 Å². The van der Waals surface area contributed by atoms with E-state index in [2.05, 4.69) is 28.9 Å². The Hall–Kier alpha value is -1.35. The minimum absolute atomic E-state index is 0.258. The van der Waals surface area contributed by atoms with E-state index in [1.807, 2.05) is 18.2 Å². The van der Waals surface area contributed by atoms with Crippen LogP contribution < -0.4 is 4.74 Å². The molecule has 0 spiro atoms. The molecule has 2 aromatic carbocycles. The van der Waals surface area contributed by atoms with Crippen molar-refractivity contribution in [3.05, 3.63) is 63.9 Å². The average molecular weight is 309 g/mol. The number of rotatable bonds is 4. The van der Waals surface area contributed by atoms with Gasteiger partial charge in [-0.2, -0.15) is 0 Å². The Morgan fingerprint density at radius 3 is 2.67 bits per heavy atom. The monoisotopic (exact) mass is 308 g/mol. The summed E-state index contributed by atoms with van der Waals surface area (Å²) >= 11 is 3.16. The molecule has 0 saturated carbocycles. The molecule has 0 fully saturated rings. The maximum atomic E-state index is 13.1. The fourth-order valence-electron chi connectivity index (χ4n) is 1.65. The standard InChI is InChI=1S/C15H14BrFO/c1-2-11-4-3-5-13(8-11)18-10-12-6-7-15(17)14(16)9-12/h3-9H,2,10H2,1H3. The molecule has 18 heavy (non-hydrogen) atoms. The summed E-state index contributed by atoms with van der Waals surface area (Å²) in [6, 6.07) is 12.9. The first kappa shape index (κ1) is 13.1. The lowest BCUT2D eigenvalue weighted by atomic mass is 10.2. The zero-order valence-electron chi connectivity index (χ0n) is 10.1. The van der Waals surface area contributed by atoms with Crippen LogP contribution in [0.2, 0.25) is 0 Å². The van der Waals surface area contributed by atoms with Crippen molar-refractivity contribution in [1.29, 1.82) is 0 Å². The molecule has 94 valence electrons. The minimum atomic E-state index is -0.258. The summed E-state index contributed by atoms with van der Waals surface area (Å²) in [5.41, 5.74) is 2.18. The van der Waals surface area contributed by atoms with Crippen LogP contribution in [0.1, 0.15) is 18.1 Å². The fourth-order valence-corrected chi connectivity index (χ4v) is 2.08. The Labute approximate surface area is 115 Å². The summed E-state index contributed by atoms with van der Waals surface area (Å²) in [5, 5.41) is 0. The lowest BCUT2D eigenvalue weighted by Crippen LogP contribution is -1.96. The van der Waals surface area contributed by atoms with Gasteiger partial charge < -0.3 is 4.74 Å². The van der Waals surface area contributed by atoms with Crippen LogP contribution in [0.15, 0.2) is 46.9 Å². The number of hydrogen-bond donors (Lipinski definition) is 0. The normalized spacial score (nSPS) is 10.4. The second kappa shape index (κ2) is 6.01. The summed E-state index contributed by atoms with van der Waals surface area (Å²) in [6.07, 6.45) is 0.985. The molecule has 1 nitrogen and oxygen atoms in total. The first-order chi connectivity index (χ1) is 8.69. The molecule has 0 aliphatic heterocycles. The van der Waals surface area contributed by atoms with Crippen molar-refractivity contribution in [2.75, 3.05) is 0 Å². The first-order valence-corrected chi connectivity index (χ1v) is 6.64. The van der Waals surface area contributed by atoms with Crippen molar-refractivity contribution in [1.82, 2.24) is 0 Å². The van der Waals surface area contributed by atoms with Crippen LogP contribution in [0, 0.1) is 5.82 Å². The van der Waals surface area contributed by atoms with E-state index < -0.39 is 0 Å². The van der Waals surface area contributed by atoms with E-state index in [0.717, 1.165) is 17.7 Å². The van der Waals surface area contributed by atoms with Crippen LogP contribution in [0.5, 0.6) is 5.75 Å².